The van der Waals surface area contributed by atoms with Gasteiger partial charge in [0.15, 0.2) is 0 Å². The van der Waals surface area contributed by atoms with Crippen molar-refractivity contribution in [2.24, 2.45) is 11.8 Å². The summed E-state index contributed by atoms with van der Waals surface area (Å²) in [6.07, 6.45) is 1.03. The van der Waals surface area contributed by atoms with Gasteiger partial charge >= 0.3 is 0 Å². The van der Waals surface area contributed by atoms with Gasteiger partial charge in [-0.2, -0.15) is 4.31 Å². The van der Waals surface area contributed by atoms with Gasteiger partial charge in [-0.25, -0.2) is 8.42 Å². The second-order valence-corrected chi connectivity index (χ2v) is 10.5. The normalized spacial score (nSPS) is 20.4. The molecular weight excluding hydrogens is 384 g/mol. The summed E-state index contributed by atoms with van der Waals surface area (Å²) in [6, 6.07) is 10.4. The first-order chi connectivity index (χ1) is 13.6. The van der Waals surface area contributed by atoms with Crippen LogP contribution in [0, 0.1) is 32.6 Å². The van der Waals surface area contributed by atoms with Crippen molar-refractivity contribution in [3.05, 3.63) is 58.7 Å². The van der Waals surface area contributed by atoms with Crippen molar-refractivity contribution >= 4 is 21.6 Å². The summed E-state index contributed by atoms with van der Waals surface area (Å²) in [5, 5.41) is 2.95. The Labute approximate surface area is 174 Å². The summed E-state index contributed by atoms with van der Waals surface area (Å²) in [4.78, 5) is 13.0. The van der Waals surface area contributed by atoms with Gasteiger partial charge in [0, 0.05) is 24.3 Å². The fraction of sp³-hybridized carbons (Fsp3) is 0.435. The third kappa shape index (κ3) is 4.70. The summed E-state index contributed by atoms with van der Waals surface area (Å²) in [7, 11) is -3.63. The number of amides is 1. The molecule has 2 aromatic rings. The van der Waals surface area contributed by atoms with Crippen LogP contribution in [-0.2, 0) is 10.0 Å². The number of sulfonamides is 1. The zero-order valence-electron chi connectivity index (χ0n) is 17.8. The van der Waals surface area contributed by atoms with E-state index in [-0.39, 0.29) is 10.8 Å². The molecule has 0 radical (unpaired) electrons. The molecule has 0 aliphatic carbocycles. The van der Waals surface area contributed by atoms with Crippen molar-refractivity contribution in [2.45, 2.75) is 45.9 Å². The summed E-state index contributed by atoms with van der Waals surface area (Å²) in [5.41, 5.74) is 4.21. The van der Waals surface area contributed by atoms with Crippen molar-refractivity contribution in [3.8, 4) is 0 Å². The molecule has 1 fully saturated rings. The van der Waals surface area contributed by atoms with E-state index in [0.29, 0.717) is 30.5 Å². The smallest absolute Gasteiger partial charge is 0.255 e. The Morgan fingerprint density at radius 1 is 1.00 bits per heavy atom. The number of hydrogen-bond donors (Lipinski definition) is 1. The van der Waals surface area contributed by atoms with Gasteiger partial charge in [-0.15, -0.1) is 0 Å². The molecule has 5 nitrogen and oxygen atoms in total. The van der Waals surface area contributed by atoms with Gasteiger partial charge in [0.25, 0.3) is 5.91 Å². The van der Waals surface area contributed by atoms with E-state index in [1.54, 1.807) is 22.5 Å². The molecule has 1 aliphatic rings. The Morgan fingerprint density at radius 2 is 1.59 bits per heavy atom. The largest absolute Gasteiger partial charge is 0.322 e. The molecule has 1 aliphatic heterocycles. The third-order valence-electron chi connectivity index (χ3n) is 5.48. The molecule has 2 atom stereocenters. The second-order valence-electron chi connectivity index (χ2n) is 8.52. The van der Waals surface area contributed by atoms with Gasteiger partial charge in [0.2, 0.25) is 10.0 Å². The minimum Gasteiger partial charge on any atom is -0.322 e. The predicted molar refractivity (Wildman–Crippen MR) is 117 cm³/mol. The molecule has 0 bridgehead atoms. The first kappa shape index (κ1) is 21.5. The Kier molecular flexibility index (Phi) is 6.15. The van der Waals surface area contributed by atoms with Gasteiger partial charge < -0.3 is 5.32 Å². The SMILES string of the molecule is Cc1cc(C)c(NC(=O)c2cccc(S(=O)(=O)N3C[C@H](C)C[C@@H](C)C3)c2)c(C)c1. The van der Waals surface area contributed by atoms with Crippen LogP contribution >= 0.6 is 0 Å². The number of aryl methyl sites for hydroxylation is 3. The van der Waals surface area contributed by atoms with Gasteiger partial charge in [-0.1, -0.05) is 37.6 Å². The first-order valence-corrected chi connectivity index (χ1v) is 11.5. The van der Waals surface area contributed by atoms with Crippen molar-refractivity contribution in [3.63, 3.8) is 0 Å². The van der Waals surface area contributed by atoms with Gasteiger partial charge in [-0.05, 0) is 68.4 Å². The molecule has 3 rings (SSSR count). The zero-order chi connectivity index (χ0) is 21.3. The van der Waals surface area contributed by atoms with E-state index < -0.39 is 10.0 Å². The number of hydrogen-bond acceptors (Lipinski definition) is 3. The van der Waals surface area contributed by atoms with Crippen LogP contribution in [0.1, 0.15) is 47.3 Å². The van der Waals surface area contributed by atoms with E-state index in [9.17, 15) is 13.2 Å². The standard InChI is InChI=1S/C23H30N2O3S/c1-15-10-18(4)22(19(5)11-15)24-23(26)20-7-6-8-21(12-20)29(27,28)25-13-16(2)9-17(3)14-25/h6-8,10-12,16-17H,9,13-14H2,1-5H3,(H,24,26)/t16-,17-/m1/s1. The highest BCUT2D eigenvalue weighted by molar-refractivity contribution is 7.89. The summed E-state index contributed by atoms with van der Waals surface area (Å²) >= 11 is 0. The maximum absolute atomic E-state index is 13.2. The lowest BCUT2D eigenvalue weighted by atomic mass is 9.94. The highest BCUT2D eigenvalue weighted by atomic mass is 32.2. The van der Waals surface area contributed by atoms with Crippen LogP contribution in [0.15, 0.2) is 41.3 Å². The van der Waals surface area contributed by atoms with Crippen molar-refractivity contribution in [2.75, 3.05) is 18.4 Å². The Morgan fingerprint density at radius 3 is 2.17 bits per heavy atom. The highest BCUT2D eigenvalue weighted by Crippen LogP contribution is 2.27. The minimum absolute atomic E-state index is 0.170. The van der Waals surface area contributed by atoms with Crippen molar-refractivity contribution in [1.82, 2.24) is 4.31 Å². The number of nitrogens with zero attached hydrogens (tertiary/aromatic N) is 1. The maximum Gasteiger partial charge on any atom is 0.255 e. The zero-order valence-corrected chi connectivity index (χ0v) is 18.6. The molecule has 1 heterocycles. The number of piperidine rings is 1. The average Bonchev–Trinajstić information content (AvgIpc) is 2.63. The quantitative estimate of drug-likeness (QED) is 0.799. The van der Waals surface area contributed by atoms with E-state index in [4.69, 9.17) is 0 Å². The monoisotopic (exact) mass is 414 g/mol. The van der Waals surface area contributed by atoms with Gasteiger partial charge in [0.1, 0.15) is 0 Å². The molecule has 29 heavy (non-hydrogen) atoms. The van der Waals surface area contributed by atoms with E-state index in [0.717, 1.165) is 28.8 Å². The van der Waals surface area contributed by atoms with E-state index in [1.165, 1.54) is 6.07 Å². The van der Waals surface area contributed by atoms with Crippen LogP contribution in [0.3, 0.4) is 0 Å². The Balaban J connectivity index is 1.87. The molecule has 1 N–H and O–H groups in total. The summed E-state index contributed by atoms with van der Waals surface area (Å²) < 4.78 is 27.9. The van der Waals surface area contributed by atoms with Crippen LogP contribution in [0.25, 0.3) is 0 Å². The Hall–Kier alpha value is -2.18. The lowest BCUT2D eigenvalue weighted by molar-refractivity contribution is 0.102. The van der Waals surface area contributed by atoms with Crippen LogP contribution in [0.4, 0.5) is 5.69 Å². The van der Waals surface area contributed by atoms with E-state index in [1.807, 2.05) is 32.9 Å². The second kappa shape index (κ2) is 8.28. The topological polar surface area (TPSA) is 66.5 Å². The maximum atomic E-state index is 13.2. The molecule has 0 aromatic heterocycles. The molecule has 0 unspecified atom stereocenters. The van der Waals surface area contributed by atoms with E-state index in [2.05, 4.69) is 19.2 Å². The van der Waals surface area contributed by atoms with E-state index >= 15 is 0 Å². The minimum atomic E-state index is -3.63. The first-order valence-electron chi connectivity index (χ1n) is 10.1. The summed E-state index contributed by atoms with van der Waals surface area (Å²) in [5.74, 6) is 0.345. The molecule has 2 aromatic carbocycles. The molecular formula is C23H30N2O3S. The number of carbonyl (C=O) groups is 1. The van der Waals surface area contributed by atoms with Gasteiger partial charge in [-0.3, -0.25) is 4.79 Å². The molecule has 1 amide bonds. The molecule has 0 saturated carbocycles. The molecule has 1 saturated heterocycles. The van der Waals surface area contributed by atoms with Crippen LogP contribution in [-0.4, -0.2) is 31.7 Å². The lowest BCUT2D eigenvalue weighted by Crippen LogP contribution is -2.42. The average molecular weight is 415 g/mol. The molecule has 6 heteroatoms. The lowest BCUT2D eigenvalue weighted by Gasteiger charge is -2.34. The Bertz CT molecular complexity index is 997. The van der Waals surface area contributed by atoms with Crippen molar-refractivity contribution < 1.29 is 13.2 Å². The third-order valence-corrected chi connectivity index (χ3v) is 7.31. The molecule has 156 valence electrons. The van der Waals surface area contributed by atoms with Crippen LogP contribution in [0.5, 0.6) is 0 Å². The molecule has 0 spiro atoms. The summed E-state index contributed by atoms with van der Waals surface area (Å²) in [6.45, 7) is 11.1. The fourth-order valence-electron chi connectivity index (χ4n) is 4.31. The highest BCUT2D eigenvalue weighted by Gasteiger charge is 2.32. The van der Waals surface area contributed by atoms with Crippen molar-refractivity contribution in [1.29, 1.82) is 0 Å². The van der Waals surface area contributed by atoms with Crippen LogP contribution < -0.4 is 5.32 Å². The predicted octanol–water partition coefficient (Wildman–Crippen LogP) is 4.53. The number of carbonyl (C=O) groups excluding carboxylic acids is 1. The number of benzene rings is 2. The number of rotatable bonds is 4. The fourth-order valence-corrected chi connectivity index (χ4v) is 6.04. The van der Waals surface area contributed by atoms with Gasteiger partial charge in [0.05, 0.1) is 4.90 Å². The van der Waals surface area contributed by atoms with Crippen LogP contribution in [0.2, 0.25) is 0 Å². The number of anilines is 1. The number of nitrogens with one attached hydrogen (secondary N) is 1.